The van der Waals surface area contributed by atoms with Crippen LogP contribution in [-0.2, 0) is 6.42 Å². The van der Waals surface area contributed by atoms with Crippen molar-refractivity contribution < 1.29 is 4.79 Å². The number of hydrogen-bond donors (Lipinski definition) is 1. The molecule has 1 aromatic carbocycles. The molecule has 0 saturated carbocycles. The van der Waals surface area contributed by atoms with Gasteiger partial charge in [0.15, 0.2) is 0 Å². The van der Waals surface area contributed by atoms with Crippen LogP contribution < -0.4 is 5.32 Å². The highest BCUT2D eigenvalue weighted by molar-refractivity contribution is 7.14. The Bertz CT molecular complexity index is 680. The minimum atomic E-state index is -0.0854. The fraction of sp³-hybridized carbons (Fsp3) is 0.294. The molecule has 0 aliphatic heterocycles. The van der Waals surface area contributed by atoms with E-state index in [1.807, 2.05) is 32.0 Å². The van der Waals surface area contributed by atoms with E-state index in [0.717, 1.165) is 16.9 Å². The van der Waals surface area contributed by atoms with Crippen molar-refractivity contribution in [1.29, 1.82) is 5.26 Å². The number of nitrogens with zero attached hydrogens (tertiary/aromatic N) is 1. The summed E-state index contributed by atoms with van der Waals surface area (Å²) in [6.07, 6.45) is 0.953. The summed E-state index contributed by atoms with van der Waals surface area (Å²) in [5.41, 5.74) is 2.80. The molecule has 21 heavy (non-hydrogen) atoms. The molecule has 1 heterocycles. The second kappa shape index (κ2) is 6.55. The SMILES string of the molecule is CCc1sc(C(=O)NC(C)c2ccc(C#N)cc2)cc1C. The van der Waals surface area contributed by atoms with Gasteiger partial charge in [-0.3, -0.25) is 4.79 Å². The fourth-order valence-electron chi connectivity index (χ4n) is 2.18. The van der Waals surface area contributed by atoms with Gasteiger partial charge in [0, 0.05) is 4.88 Å². The second-order valence-corrected chi connectivity index (χ2v) is 6.14. The van der Waals surface area contributed by atoms with E-state index in [0.29, 0.717) is 5.56 Å². The first kappa shape index (κ1) is 15.3. The highest BCUT2D eigenvalue weighted by Gasteiger charge is 2.15. The van der Waals surface area contributed by atoms with Gasteiger partial charge in [0.05, 0.1) is 22.6 Å². The molecule has 0 bridgehead atoms. The Hall–Kier alpha value is -2.12. The number of aryl methyl sites for hydroxylation is 2. The molecule has 1 atom stereocenters. The Balaban J connectivity index is 2.08. The lowest BCUT2D eigenvalue weighted by Gasteiger charge is -2.13. The van der Waals surface area contributed by atoms with Gasteiger partial charge in [-0.1, -0.05) is 19.1 Å². The normalized spacial score (nSPS) is 11.7. The molecule has 0 spiro atoms. The van der Waals surface area contributed by atoms with E-state index in [4.69, 9.17) is 5.26 Å². The van der Waals surface area contributed by atoms with Crippen molar-refractivity contribution in [3.8, 4) is 6.07 Å². The van der Waals surface area contributed by atoms with Gasteiger partial charge in [0.1, 0.15) is 0 Å². The lowest BCUT2D eigenvalue weighted by atomic mass is 10.1. The molecule has 0 aliphatic rings. The molecular formula is C17H18N2OS. The molecule has 0 saturated heterocycles. The van der Waals surface area contributed by atoms with Crippen LogP contribution in [0.4, 0.5) is 0 Å². The minimum absolute atomic E-state index is 0.0420. The molecule has 108 valence electrons. The number of carbonyl (C=O) groups excluding carboxylic acids is 1. The molecule has 2 rings (SSSR count). The summed E-state index contributed by atoms with van der Waals surface area (Å²) >= 11 is 1.56. The predicted molar refractivity (Wildman–Crippen MR) is 85.5 cm³/mol. The average molecular weight is 298 g/mol. The average Bonchev–Trinajstić information content (AvgIpc) is 2.88. The van der Waals surface area contributed by atoms with Gasteiger partial charge >= 0.3 is 0 Å². The summed E-state index contributed by atoms with van der Waals surface area (Å²) in [6.45, 7) is 6.08. The van der Waals surface area contributed by atoms with Crippen LogP contribution >= 0.6 is 11.3 Å². The highest BCUT2D eigenvalue weighted by Crippen LogP contribution is 2.23. The number of hydrogen-bond acceptors (Lipinski definition) is 3. The summed E-state index contributed by atoms with van der Waals surface area (Å²) in [7, 11) is 0. The molecule has 0 radical (unpaired) electrons. The van der Waals surface area contributed by atoms with E-state index < -0.39 is 0 Å². The van der Waals surface area contributed by atoms with Gasteiger partial charge in [-0.2, -0.15) is 5.26 Å². The number of thiophene rings is 1. The molecule has 0 aliphatic carbocycles. The van der Waals surface area contributed by atoms with Gasteiger partial charge in [-0.25, -0.2) is 0 Å². The molecular weight excluding hydrogens is 280 g/mol. The van der Waals surface area contributed by atoms with E-state index in [2.05, 4.69) is 18.3 Å². The Morgan fingerprint density at radius 1 is 1.38 bits per heavy atom. The Kier molecular flexibility index (Phi) is 4.77. The van der Waals surface area contributed by atoms with Gasteiger partial charge in [-0.15, -0.1) is 11.3 Å². The number of carbonyl (C=O) groups is 1. The highest BCUT2D eigenvalue weighted by atomic mass is 32.1. The van der Waals surface area contributed by atoms with Crippen LogP contribution in [0.2, 0.25) is 0 Å². The molecule has 0 fully saturated rings. The first-order valence-electron chi connectivity index (χ1n) is 6.95. The van der Waals surface area contributed by atoms with E-state index in [1.165, 1.54) is 10.4 Å². The smallest absolute Gasteiger partial charge is 0.261 e. The van der Waals surface area contributed by atoms with Crippen molar-refractivity contribution in [2.75, 3.05) is 0 Å². The largest absolute Gasteiger partial charge is 0.345 e. The zero-order valence-corrected chi connectivity index (χ0v) is 13.3. The van der Waals surface area contributed by atoms with E-state index in [1.54, 1.807) is 23.5 Å². The maximum Gasteiger partial charge on any atom is 0.261 e. The first-order chi connectivity index (χ1) is 10.0. The van der Waals surface area contributed by atoms with Crippen LogP contribution in [0.15, 0.2) is 30.3 Å². The van der Waals surface area contributed by atoms with Crippen molar-refractivity contribution in [3.05, 3.63) is 56.8 Å². The summed E-state index contributed by atoms with van der Waals surface area (Å²) in [5.74, 6) is -0.0420. The Morgan fingerprint density at radius 2 is 2.05 bits per heavy atom. The third-order valence-corrected chi connectivity index (χ3v) is 4.83. The lowest BCUT2D eigenvalue weighted by molar-refractivity contribution is 0.0944. The summed E-state index contributed by atoms with van der Waals surface area (Å²) < 4.78 is 0. The van der Waals surface area contributed by atoms with Gasteiger partial charge in [0.2, 0.25) is 0 Å². The zero-order chi connectivity index (χ0) is 15.4. The number of nitriles is 1. The molecule has 3 nitrogen and oxygen atoms in total. The summed E-state index contributed by atoms with van der Waals surface area (Å²) in [6, 6.07) is 11.2. The standard InChI is InChI=1S/C17H18N2OS/c1-4-15-11(2)9-16(21-15)17(20)19-12(3)14-7-5-13(10-18)6-8-14/h5-9,12H,4H2,1-3H3,(H,19,20). The Labute approximate surface area is 129 Å². The zero-order valence-electron chi connectivity index (χ0n) is 12.4. The van der Waals surface area contributed by atoms with Crippen LogP contribution in [0.5, 0.6) is 0 Å². The second-order valence-electron chi connectivity index (χ2n) is 5.00. The molecule has 1 unspecified atom stereocenters. The molecule has 4 heteroatoms. The van der Waals surface area contributed by atoms with Crippen molar-refractivity contribution in [3.63, 3.8) is 0 Å². The van der Waals surface area contributed by atoms with Crippen LogP contribution in [0.1, 0.15) is 51.1 Å². The summed E-state index contributed by atoms with van der Waals surface area (Å²) in [5, 5.41) is 11.8. The van der Waals surface area contributed by atoms with Gasteiger partial charge in [-0.05, 0) is 49.6 Å². The maximum absolute atomic E-state index is 12.3. The molecule has 1 N–H and O–H groups in total. The number of nitrogens with one attached hydrogen (secondary N) is 1. The third-order valence-electron chi connectivity index (χ3n) is 3.45. The third kappa shape index (κ3) is 3.50. The van der Waals surface area contributed by atoms with Gasteiger partial charge < -0.3 is 5.32 Å². The van der Waals surface area contributed by atoms with Crippen LogP contribution in [-0.4, -0.2) is 5.91 Å². The number of benzene rings is 1. The molecule has 1 amide bonds. The predicted octanol–water partition coefficient (Wildman–Crippen LogP) is 3.98. The van der Waals surface area contributed by atoms with Gasteiger partial charge in [0.25, 0.3) is 5.91 Å². The molecule has 2 aromatic rings. The van der Waals surface area contributed by atoms with Crippen molar-refractivity contribution >= 4 is 17.2 Å². The van der Waals surface area contributed by atoms with Crippen LogP contribution in [0.3, 0.4) is 0 Å². The van der Waals surface area contributed by atoms with E-state index in [-0.39, 0.29) is 11.9 Å². The topological polar surface area (TPSA) is 52.9 Å². The lowest BCUT2D eigenvalue weighted by Crippen LogP contribution is -2.25. The monoisotopic (exact) mass is 298 g/mol. The number of amides is 1. The van der Waals surface area contributed by atoms with E-state index in [9.17, 15) is 4.79 Å². The van der Waals surface area contributed by atoms with Crippen LogP contribution in [0, 0.1) is 18.3 Å². The molecule has 1 aromatic heterocycles. The van der Waals surface area contributed by atoms with E-state index >= 15 is 0 Å². The van der Waals surface area contributed by atoms with Crippen LogP contribution in [0.25, 0.3) is 0 Å². The Morgan fingerprint density at radius 3 is 2.57 bits per heavy atom. The van der Waals surface area contributed by atoms with Crippen molar-refractivity contribution in [2.24, 2.45) is 0 Å². The van der Waals surface area contributed by atoms with Crippen molar-refractivity contribution in [2.45, 2.75) is 33.2 Å². The quantitative estimate of drug-likeness (QED) is 0.928. The first-order valence-corrected chi connectivity index (χ1v) is 7.77. The van der Waals surface area contributed by atoms with Crippen molar-refractivity contribution in [1.82, 2.24) is 5.32 Å². The summed E-state index contributed by atoms with van der Waals surface area (Å²) in [4.78, 5) is 14.3. The fourth-order valence-corrected chi connectivity index (χ4v) is 3.20. The minimum Gasteiger partial charge on any atom is -0.345 e. The maximum atomic E-state index is 12.3. The number of rotatable bonds is 4.